The topological polar surface area (TPSA) is 83.1 Å². The van der Waals surface area contributed by atoms with Gasteiger partial charge in [0.25, 0.3) is 10.0 Å². The third-order valence-electron chi connectivity index (χ3n) is 2.77. The van der Waals surface area contributed by atoms with E-state index in [1.165, 1.54) is 4.31 Å². The third kappa shape index (κ3) is 2.97. The Balaban J connectivity index is 2.36. The van der Waals surface area contributed by atoms with Gasteiger partial charge >= 0.3 is 4.87 Å². The largest absolute Gasteiger partial charge is 0.315 e. The van der Waals surface area contributed by atoms with Gasteiger partial charge in [-0.3, -0.25) is 9.78 Å². The highest BCUT2D eigenvalue weighted by Gasteiger charge is 2.27. The molecule has 0 aliphatic rings. The molecule has 0 radical (unpaired) electrons. The highest BCUT2D eigenvalue weighted by molar-refractivity contribution is 7.91. The first kappa shape index (κ1) is 14.9. The highest BCUT2D eigenvalue weighted by Crippen LogP contribution is 2.22. The summed E-state index contributed by atoms with van der Waals surface area (Å²) in [5.74, 6) is 0. The van der Waals surface area contributed by atoms with Crippen LogP contribution in [0, 0.1) is 6.92 Å². The van der Waals surface area contributed by atoms with Crippen LogP contribution in [0.2, 0.25) is 0 Å². The molecule has 8 heteroatoms. The van der Waals surface area contributed by atoms with Gasteiger partial charge in [-0.25, -0.2) is 8.42 Å². The van der Waals surface area contributed by atoms with E-state index in [9.17, 15) is 13.2 Å². The van der Waals surface area contributed by atoms with Crippen molar-refractivity contribution in [3.63, 3.8) is 0 Å². The van der Waals surface area contributed by atoms with Crippen molar-refractivity contribution >= 4 is 21.4 Å². The SMILES string of the molecule is CCN(Cc1ccccn1)S(=O)(=O)c1sc(=O)[nH]c1C. The Kier molecular flexibility index (Phi) is 4.36. The summed E-state index contributed by atoms with van der Waals surface area (Å²) in [6.07, 6.45) is 1.62. The van der Waals surface area contributed by atoms with Crippen LogP contribution >= 0.6 is 11.3 Å². The summed E-state index contributed by atoms with van der Waals surface area (Å²) in [6.45, 7) is 3.83. The van der Waals surface area contributed by atoms with Gasteiger partial charge in [-0.1, -0.05) is 24.3 Å². The Hall–Kier alpha value is -1.51. The van der Waals surface area contributed by atoms with E-state index in [4.69, 9.17) is 0 Å². The molecular formula is C12H15N3O3S2. The summed E-state index contributed by atoms with van der Waals surface area (Å²) in [7, 11) is -3.68. The monoisotopic (exact) mass is 313 g/mol. The van der Waals surface area contributed by atoms with Gasteiger partial charge in [0.05, 0.1) is 12.2 Å². The second-order valence-electron chi connectivity index (χ2n) is 4.18. The Morgan fingerprint density at radius 3 is 2.65 bits per heavy atom. The molecule has 0 atom stereocenters. The molecule has 2 heterocycles. The number of hydrogen-bond donors (Lipinski definition) is 1. The Morgan fingerprint density at radius 2 is 2.15 bits per heavy atom. The molecule has 0 saturated heterocycles. The molecule has 0 amide bonds. The number of nitrogens with one attached hydrogen (secondary N) is 1. The summed E-state index contributed by atoms with van der Waals surface area (Å²) >= 11 is 0.714. The van der Waals surface area contributed by atoms with Crippen LogP contribution in [0.1, 0.15) is 18.3 Å². The van der Waals surface area contributed by atoms with Gasteiger partial charge in [-0.2, -0.15) is 4.31 Å². The second kappa shape index (κ2) is 5.86. The molecule has 20 heavy (non-hydrogen) atoms. The first-order valence-corrected chi connectivity index (χ1v) is 8.30. The van der Waals surface area contributed by atoms with Crippen LogP contribution < -0.4 is 4.87 Å². The molecule has 0 aromatic carbocycles. The van der Waals surface area contributed by atoms with E-state index in [0.717, 1.165) is 0 Å². The molecule has 6 nitrogen and oxygen atoms in total. The molecule has 0 unspecified atom stereocenters. The maximum absolute atomic E-state index is 12.6. The number of aryl methyl sites for hydroxylation is 1. The smallest absolute Gasteiger partial charge is 0.305 e. The van der Waals surface area contributed by atoms with Gasteiger partial charge < -0.3 is 4.98 Å². The number of rotatable bonds is 5. The Morgan fingerprint density at radius 1 is 1.40 bits per heavy atom. The van der Waals surface area contributed by atoms with Gasteiger partial charge in [0.2, 0.25) is 0 Å². The first-order chi connectivity index (χ1) is 9.45. The van der Waals surface area contributed by atoms with Gasteiger partial charge in [-0.05, 0) is 19.1 Å². The van der Waals surface area contributed by atoms with Crippen LogP contribution in [0.5, 0.6) is 0 Å². The molecule has 0 bridgehead atoms. The minimum atomic E-state index is -3.68. The van der Waals surface area contributed by atoms with E-state index in [1.807, 2.05) is 6.07 Å². The van der Waals surface area contributed by atoms with Crippen molar-refractivity contribution in [2.45, 2.75) is 24.6 Å². The molecule has 108 valence electrons. The lowest BCUT2D eigenvalue weighted by Gasteiger charge is -2.19. The van der Waals surface area contributed by atoms with E-state index < -0.39 is 10.0 Å². The van der Waals surface area contributed by atoms with E-state index in [-0.39, 0.29) is 15.6 Å². The predicted molar refractivity (Wildman–Crippen MR) is 77.2 cm³/mol. The highest BCUT2D eigenvalue weighted by atomic mass is 32.2. The fourth-order valence-corrected chi connectivity index (χ4v) is 4.65. The van der Waals surface area contributed by atoms with E-state index in [1.54, 1.807) is 32.2 Å². The zero-order chi connectivity index (χ0) is 14.8. The van der Waals surface area contributed by atoms with Gasteiger partial charge in [0.1, 0.15) is 0 Å². The van der Waals surface area contributed by atoms with E-state index >= 15 is 0 Å². The fourth-order valence-electron chi connectivity index (χ4n) is 1.79. The summed E-state index contributed by atoms with van der Waals surface area (Å²) < 4.78 is 26.5. The molecule has 0 spiro atoms. The molecule has 0 aliphatic heterocycles. The van der Waals surface area contributed by atoms with Crippen molar-refractivity contribution in [3.05, 3.63) is 45.5 Å². The molecule has 2 rings (SSSR count). The quantitative estimate of drug-likeness (QED) is 0.903. The van der Waals surface area contributed by atoms with Crippen molar-refractivity contribution < 1.29 is 8.42 Å². The van der Waals surface area contributed by atoms with Crippen molar-refractivity contribution in [3.8, 4) is 0 Å². The molecule has 0 fully saturated rings. The second-order valence-corrected chi connectivity index (χ2v) is 7.30. The Labute approximate surface area is 121 Å². The van der Waals surface area contributed by atoms with Crippen molar-refractivity contribution in [1.82, 2.24) is 14.3 Å². The van der Waals surface area contributed by atoms with Crippen molar-refractivity contribution in [2.75, 3.05) is 6.54 Å². The lowest BCUT2D eigenvalue weighted by Crippen LogP contribution is -2.30. The van der Waals surface area contributed by atoms with E-state index in [0.29, 0.717) is 29.3 Å². The minimum Gasteiger partial charge on any atom is -0.315 e. The normalized spacial score (nSPS) is 11.9. The number of hydrogen-bond acceptors (Lipinski definition) is 5. The molecular weight excluding hydrogens is 298 g/mol. The number of pyridine rings is 1. The van der Waals surface area contributed by atoms with Crippen molar-refractivity contribution in [1.29, 1.82) is 0 Å². The molecule has 0 saturated carbocycles. The van der Waals surface area contributed by atoms with Crippen LogP contribution in [0.15, 0.2) is 33.4 Å². The third-order valence-corrected chi connectivity index (χ3v) is 6.28. The summed E-state index contributed by atoms with van der Waals surface area (Å²) in [6, 6.07) is 5.35. The van der Waals surface area contributed by atoms with Crippen molar-refractivity contribution in [2.24, 2.45) is 0 Å². The molecule has 2 aromatic rings. The minimum absolute atomic E-state index is 0.0697. The summed E-state index contributed by atoms with van der Waals surface area (Å²) in [5.41, 5.74) is 1.04. The molecule has 2 aromatic heterocycles. The van der Waals surface area contributed by atoms with Crippen LogP contribution in [-0.4, -0.2) is 29.2 Å². The standard InChI is InChI=1S/C12H15N3O3S2/c1-3-15(8-10-6-4-5-7-13-10)20(17,18)11-9(2)14-12(16)19-11/h4-7H,3,8H2,1-2H3,(H,14,16). The number of thiazole rings is 1. The number of nitrogens with zero attached hydrogens (tertiary/aromatic N) is 2. The van der Waals surface area contributed by atoms with Crippen LogP contribution in [0.25, 0.3) is 0 Å². The Bertz CT molecular complexity index is 735. The van der Waals surface area contributed by atoms with Crippen LogP contribution in [0.4, 0.5) is 0 Å². The zero-order valence-electron chi connectivity index (χ0n) is 11.2. The molecule has 0 aliphatic carbocycles. The number of H-pyrrole nitrogens is 1. The lowest BCUT2D eigenvalue weighted by molar-refractivity contribution is 0.420. The first-order valence-electron chi connectivity index (χ1n) is 6.05. The van der Waals surface area contributed by atoms with E-state index in [2.05, 4.69) is 9.97 Å². The summed E-state index contributed by atoms with van der Waals surface area (Å²) in [5, 5.41) is 0. The van der Waals surface area contributed by atoms with Gasteiger partial charge in [0, 0.05) is 18.4 Å². The molecule has 1 N–H and O–H groups in total. The number of aromatic amines is 1. The maximum Gasteiger partial charge on any atom is 0.305 e. The predicted octanol–water partition coefficient (Wildman–Crippen LogP) is 1.35. The lowest BCUT2D eigenvalue weighted by atomic mass is 10.3. The van der Waals surface area contributed by atoms with Gasteiger partial charge in [0.15, 0.2) is 4.21 Å². The average molecular weight is 313 g/mol. The number of aromatic nitrogens is 2. The fraction of sp³-hybridized carbons (Fsp3) is 0.333. The van der Waals surface area contributed by atoms with Crippen LogP contribution in [-0.2, 0) is 16.6 Å². The number of sulfonamides is 1. The summed E-state index contributed by atoms with van der Waals surface area (Å²) in [4.78, 5) is 17.6. The average Bonchev–Trinajstić information content (AvgIpc) is 2.76. The van der Waals surface area contributed by atoms with Crippen LogP contribution in [0.3, 0.4) is 0 Å². The van der Waals surface area contributed by atoms with Gasteiger partial charge in [-0.15, -0.1) is 0 Å². The maximum atomic E-state index is 12.6. The zero-order valence-corrected chi connectivity index (χ0v) is 12.8.